The number of carbonyl (C=O) groups is 2. The molecule has 170 valence electrons. The second kappa shape index (κ2) is 9.33. The van der Waals surface area contributed by atoms with Gasteiger partial charge in [0.2, 0.25) is 0 Å². The zero-order valence-corrected chi connectivity index (χ0v) is 18.8. The van der Waals surface area contributed by atoms with E-state index in [0.717, 1.165) is 22.3 Å². The molecule has 2 aromatic rings. The van der Waals surface area contributed by atoms with Gasteiger partial charge in [-0.3, -0.25) is 4.90 Å². The van der Waals surface area contributed by atoms with Crippen LogP contribution in [0.1, 0.15) is 56.1 Å². The van der Waals surface area contributed by atoms with Crippen molar-refractivity contribution in [1.82, 2.24) is 4.90 Å². The van der Waals surface area contributed by atoms with Crippen molar-refractivity contribution in [3.05, 3.63) is 59.7 Å². The fourth-order valence-electron chi connectivity index (χ4n) is 5.28. The van der Waals surface area contributed by atoms with Gasteiger partial charge in [0.1, 0.15) is 12.1 Å². The van der Waals surface area contributed by atoms with Crippen LogP contribution in [-0.4, -0.2) is 54.0 Å². The largest absolute Gasteiger partial charge is 0.479 e. The fourth-order valence-corrected chi connectivity index (χ4v) is 5.28. The minimum absolute atomic E-state index is 0.0356. The summed E-state index contributed by atoms with van der Waals surface area (Å²) in [5.41, 5.74) is 3.35. The second-order valence-electron chi connectivity index (χ2n) is 8.73. The van der Waals surface area contributed by atoms with E-state index in [4.69, 9.17) is 9.47 Å². The number of carboxylic acid groups (broad SMARTS) is 1. The van der Waals surface area contributed by atoms with E-state index in [-0.39, 0.29) is 18.6 Å². The average molecular weight is 438 g/mol. The molecule has 0 aliphatic heterocycles. The SMILES string of the molecule is CCCN(C(=O)OCC1c2ccccc2-c2ccccc21)C1(C(=O)O)CCC(OC)CC1. The Morgan fingerprint density at radius 2 is 1.59 bits per heavy atom. The Kier molecular flexibility index (Phi) is 6.51. The van der Waals surface area contributed by atoms with Gasteiger partial charge in [0.05, 0.1) is 6.10 Å². The number of hydrogen-bond donors (Lipinski definition) is 1. The molecular weight excluding hydrogens is 406 g/mol. The average Bonchev–Trinajstić information content (AvgIpc) is 3.14. The molecule has 1 fully saturated rings. The van der Waals surface area contributed by atoms with Crippen LogP contribution in [-0.2, 0) is 14.3 Å². The third kappa shape index (κ3) is 3.88. The van der Waals surface area contributed by atoms with E-state index in [1.54, 1.807) is 7.11 Å². The molecule has 0 unspecified atom stereocenters. The number of aliphatic carboxylic acids is 1. The molecule has 0 saturated heterocycles. The molecule has 0 spiro atoms. The van der Waals surface area contributed by atoms with Gasteiger partial charge in [0, 0.05) is 19.6 Å². The zero-order chi connectivity index (χ0) is 22.7. The third-order valence-electron chi connectivity index (χ3n) is 7.01. The van der Waals surface area contributed by atoms with Crippen molar-refractivity contribution in [1.29, 1.82) is 0 Å². The molecule has 1 N–H and O–H groups in total. The number of carboxylic acids is 1. The Morgan fingerprint density at radius 1 is 1.03 bits per heavy atom. The molecule has 0 atom stereocenters. The van der Waals surface area contributed by atoms with Gasteiger partial charge in [-0.2, -0.15) is 0 Å². The van der Waals surface area contributed by atoms with Crippen LogP contribution in [0.25, 0.3) is 11.1 Å². The predicted molar refractivity (Wildman–Crippen MR) is 122 cm³/mol. The van der Waals surface area contributed by atoms with Gasteiger partial charge in [-0.15, -0.1) is 0 Å². The molecular formula is C26H31NO5. The maximum Gasteiger partial charge on any atom is 0.410 e. The predicted octanol–water partition coefficient (Wildman–Crippen LogP) is 5.06. The van der Waals surface area contributed by atoms with Crippen LogP contribution in [0.4, 0.5) is 4.79 Å². The number of rotatable bonds is 7. The smallest absolute Gasteiger partial charge is 0.410 e. The molecule has 4 rings (SSSR count). The van der Waals surface area contributed by atoms with E-state index in [2.05, 4.69) is 24.3 Å². The van der Waals surface area contributed by atoms with Crippen LogP contribution < -0.4 is 0 Å². The van der Waals surface area contributed by atoms with Crippen LogP contribution in [0.15, 0.2) is 48.5 Å². The Hall–Kier alpha value is -2.86. The van der Waals surface area contributed by atoms with Gasteiger partial charge in [-0.1, -0.05) is 55.5 Å². The molecule has 2 aliphatic carbocycles. The maximum atomic E-state index is 13.3. The lowest BCUT2D eigenvalue weighted by atomic mass is 9.79. The summed E-state index contributed by atoms with van der Waals surface area (Å²) in [6.45, 7) is 2.48. The molecule has 6 nitrogen and oxygen atoms in total. The van der Waals surface area contributed by atoms with Crippen molar-refractivity contribution < 1.29 is 24.2 Å². The van der Waals surface area contributed by atoms with Gasteiger partial charge < -0.3 is 14.6 Å². The fraction of sp³-hybridized carbons (Fsp3) is 0.462. The highest BCUT2D eigenvalue weighted by molar-refractivity contribution is 5.85. The maximum absolute atomic E-state index is 13.3. The molecule has 2 aromatic carbocycles. The summed E-state index contributed by atoms with van der Waals surface area (Å²) in [6.07, 6.45) is 2.10. The molecule has 0 heterocycles. The minimum atomic E-state index is -1.24. The van der Waals surface area contributed by atoms with Crippen molar-refractivity contribution in [2.75, 3.05) is 20.3 Å². The first-order chi connectivity index (χ1) is 15.5. The van der Waals surface area contributed by atoms with Crippen molar-refractivity contribution in [2.24, 2.45) is 0 Å². The third-order valence-corrected chi connectivity index (χ3v) is 7.01. The number of hydrogen-bond acceptors (Lipinski definition) is 4. The normalized spacial score (nSPS) is 22.1. The lowest BCUT2D eigenvalue weighted by Crippen LogP contribution is -2.59. The Bertz CT molecular complexity index is 934. The van der Waals surface area contributed by atoms with Crippen molar-refractivity contribution >= 4 is 12.1 Å². The Morgan fingerprint density at radius 3 is 2.09 bits per heavy atom. The summed E-state index contributed by atoms with van der Waals surface area (Å²) >= 11 is 0. The number of amides is 1. The van der Waals surface area contributed by atoms with Crippen LogP contribution in [0, 0.1) is 0 Å². The molecule has 32 heavy (non-hydrogen) atoms. The number of methoxy groups -OCH3 is 1. The van der Waals surface area contributed by atoms with Crippen LogP contribution in [0.2, 0.25) is 0 Å². The standard InChI is InChI=1S/C26H31NO5/c1-3-16-27(26(24(28)29)14-12-18(31-2)13-15-26)25(30)32-17-23-21-10-6-4-8-19(21)20-9-5-7-11-22(20)23/h4-11,18,23H,3,12-17H2,1-2H3,(H,28,29). The van der Waals surface area contributed by atoms with E-state index in [0.29, 0.717) is 38.6 Å². The summed E-state index contributed by atoms with van der Waals surface area (Å²) in [5.74, 6) is -1.02. The summed E-state index contributed by atoms with van der Waals surface area (Å²) < 4.78 is 11.2. The number of carbonyl (C=O) groups excluding carboxylic acids is 1. The molecule has 2 aliphatic rings. The lowest BCUT2D eigenvalue weighted by molar-refractivity contribution is -0.155. The number of ether oxygens (including phenoxy) is 2. The van der Waals surface area contributed by atoms with E-state index >= 15 is 0 Å². The molecule has 1 amide bonds. The highest BCUT2D eigenvalue weighted by Gasteiger charge is 2.49. The van der Waals surface area contributed by atoms with Gasteiger partial charge in [-0.25, -0.2) is 9.59 Å². The zero-order valence-electron chi connectivity index (χ0n) is 18.8. The van der Waals surface area contributed by atoms with Gasteiger partial charge in [0.15, 0.2) is 0 Å². The monoisotopic (exact) mass is 437 g/mol. The lowest BCUT2D eigenvalue weighted by Gasteiger charge is -2.44. The van der Waals surface area contributed by atoms with E-state index in [9.17, 15) is 14.7 Å². The summed E-state index contributed by atoms with van der Waals surface area (Å²) in [6, 6.07) is 16.3. The second-order valence-corrected chi connectivity index (χ2v) is 8.73. The highest BCUT2D eigenvalue weighted by Crippen LogP contribution is 2.44. The first-order valence-corrected chi connectivity index (χ1v) is 11.4. The number of fused-ring (bicyclic) bond motifs is 3. The Labute approximate surface area is 189 Å². The summed E-state index contributed by atoms with van der Waals surface area (Å²) in [7, 11) is 1.65. The highest BCUT2D eigenvalue weighted by atomic mass is 16.6. The van der Waals surface area contributed by atoms with Crippen molar-refractivity contribution in [2.45, 2.75) is 56.6 Å². The quantitative estimate of drug-likeness (QED) is 0.655. The van der Waals surface area contributed by atoms with Gasteiger partial charge in [-0.05, 0) is 54.4 Å². The topological polar surface area (TPSA) is 76.1 Å². The molecule has 6 heteroatoms. The molecule has 1 saturated carbocycles. The first-order valence-electron chi connectivity index (χ1n) is 11.4. The van der Waals surface area contributed by atoms with Crippen LogP contribution >= 0.6 is 0 Å². The van der Waals surface area contributed by atoms with E-state index in [1.165, 1.54) is 4.90 Å². The number of benzene rings is 2. The van der Waals surface area contributed by atoms with E-state index < -0.39 is 17.6 Å². The van der Waals surface area contributed by atoms with Gasteiger partial charge >= 0.3 is 12.1 Å². The van der Waals surface area contributed by atoms with Crippen LogP contribution in [0.5, 0.6) is 0 Å². The minimum Gasteiger partial charge on any atom is -0.479 e. The summed E-state index contributed by atoms with van der Waals surface area (Å²) in [4.78, 5) is 27.1. The van der Waals surface area contributed by atoms with Crippen LogP contribution in [0.3, 0.4) is 0 Å². The Balaban J connectivity index is 1.55. The first kappa shape index (κ1) is 22.3. The number of nitrogens with zero attached hydrogens (tertiary/aromatic N) is 1. The molecule has 0 radical (unpaired) electrons. The van der Waals surface area contributed by atoms with Gasteiger partial charge in [0.25, 0.3) is 0 Å². The molecule has 0 aromatic heterocycles. The summed E-state index contributed by atoms with van der Waals surface area (Å²) in [5, 5.41) is 10.1. The van der Waals surface area contributed by atoms with Crippen molar-refractivity contribution in [3.8, 4) is 11.1 Å². The van der Waals surface area contributed by atoms with E-state index in [1.807, 2.05) is 31.2 Å². The molecule has 0 bridgehead atoms. The van der Waals surface area contributed by atoms with Crippen molar-refractivity contribution in [3.63, 3.8) is 0 Å².